The zero-order chi connectivity index (χ0) is 14.7. The Morgan fingerprint density at radius 1 is 1.15 bits per heavy atom. The summed E-state index contributed by atoms with van der Waals surface area (Å²) in [5.41, 5.74) is 0.165. The van der Waals surface area contributed by atoms with E-state index in [0.29, 0.717) is 16.9 Å². The topological polar surface area (TPSA) is 48.7 Å². The van der Waals surface area contributed by atoms with Gasteiger partial charge in [-0.25, -0.2) is 4.39 Å². The van der Waals surface area contributed by atoms with Gasteiger partial charge in [0.2, 0.25) is 0 Å². The second kappa shape index (κ2) is 4.02. The van der Waals surface area contributed by atoms with Gasteiger partial charge in [-0.05, 0) is 40.7 Å². The van der Waals surface area contributed by atoms with E-state index in [9.17, 15) is 4.39 Å². The molecule has 5 nitrogen and oxygen atoms in total. The van der Waals surface area contributed by atoms with Crippen molar-refractivity contribution in [1.82, 2.24) is 14.6 Å². The highest BCUT2D eigenvalue weighted by Gasteiger charge is 2.52. The summed E-state index contributed by atoms with van der Waals surface area (Å²) in [5.74, 6) is 0.252. The number of hydrogen-bond donors (Lipinski definition) is 0. The summed E-state index contributed by atoms with van der Waals surface area (Å²) in [7, 11) is -0.651. The van der Waals surface area contributed by atoms with Crippen molar-refractivity contribution in [2.75, 3.05) is 0 Å². The molecule has 0 bridgehead atoms. The Morgan fingerprint density at radius 3 is 2.35 bits per heavy atom. The number of fused-ring (bicyclic) bond motifs is 1. The summed E-state index contributed by atoms with van der Waals surface area (Å²) in [6.07, 6.45) is 1.36. The molecule has 0 spiro atoms. The molecule has 20 heavy (non-hydrogen) atoms. The van der Waals surface area contributed by atoms with E-state index in [-0.39, 0.29) is 5.82 Å². The maximum Gasteiger partial charge on any atom is 0.498 e. The lowest BCUT2D eigenvalue weighted by molar-refractivity contribution is 0.00578. The van der Waals surface area contributed by atoms with E-state index in [2.05, 4.69) is 10.2 Å². The maximum absolute atomic E-state index is 13.8. The quantitative estimate of drug-likeness (QED) is 0.741. The van der Waals surface area contributed by atoms with Gasteiger partial charge in [0.25, 0.3) is 0 Å². The highest BCUT2D eigenvalue weighted by molar-refractivity contribution is 6.64. The van der Waals surface area contributed by atoms with Gasteiger partial charge in [0.1, 0.15) is 11.6 Å². The Balaban J connectivity index is 2.12. The molecular formula is C13H17BFN3O2. The molecule has 0 N–H and O–H groups in total. The molecule has 3 rings (SSSR count). The van der Waals surface area contributed by atoms with E-state index < -0.39 is 18.3 Å². The monoisotopic (exact) mass is 277 g/mol. The number of aryl methyl sites for hydroxylation is 1. The molecule has 1 saturated heterocycles. The van der Waals surface area contributed by atoms with Crippen LogP contribution in [0.1, 0.15) is 33.5 Å². The lowest BCUT2D eigenvalue weighted by Crippen LogP contribution is -2.41. The van der Waals surface area contributed by atoms with Crippen LogP contribution in [-0.4, -0.2) is 32.9 Å². The highest BCUT2D eigenvalue weighted by Crippen LogP contribution is 2.36. The SMILES string of the molecule is Cc1nnc2c(B3OC(C)(C)C(C)(C)O3)cc(F)cn12. The zero-order valence-corrected chi connectivity index (χ0v) is 12.3. The minimum Gasteiger partial charge on any atom is -0.399 e. The van der Waals surface area contributed by atoms with E-state index in [1.807, 2.05) is 27.7 Å². The fourth-order valence-corrected chi connectivity index (χ4v) is 2.24. The van der Waals surface area contributed by atoms with Crippen LogP contribution in [0.5, 0.6) is 0 Å². The van der Waals surface area contributed by atoms with Crippen molar-refractivity contribution in [3.05, 3.63) is 23.9 Å². The molecular weight excluding hydrogens is 260 g/mol. The van der Waals surface area contributed by atoms with Crippen LogP contribution in [0.2, 0.25) is 0 Å². The largest absolute Gasteiger partial charge is 0.498 e. The number of hydrogen-bond acceptors (Lipinski definition) is 4. The van der Waals surface area contributed by atoms with Crippen molar-refractivity contribution in [3.8, 4) is 0 Å². The molecule has 2 aromatic heterocycles. The van der Waals surface area contributed by atoms with Gasteiger partial charge in [-0.1, -0.05) is 0 Å². The predicted molar refractivity (Wildman–Crippen MR) is 73.4 cm³/mol. The summed E-state index contributed by atoms with van der Waals surface area (Å²) in [5, 5.41) is 8.06. The van der Waals surface area contributed by atoms with Crippen LogP contribution in [0.25, 0.3) is 5.65 Å². The molecule has 0 radical (unpaired) electrons. The first kappa shape index (κ1) is 13.5. The van der Waals surface area contributed by atoms with Crippen LogP contribution >= 0.6 is 0 Å². The highest BCUT2D eigenvalue weighted by atomic mass is 19.1. The Hall–Kier alpha value is -1.47. The van der Waals surface area contributed by atoms with Crippen molar-refractivity contribution in [2.24, 2.45) is 0 Å². The molecule has 1 aliphatic rings. The molecule has 0 atom stereocenters. The Morgan fingerprint density at radius 2 is 1.75 bits per heavy atom. The van der Waals surface area contributed by atoms with Crippen molar-refractivity contribution < 1.29 is 13.7 Å². The van der Waals surface area contributed by atoms with Crippen molar-refractivity contribution in [1.29, 1.82) is 0 Å². The van der Waals surface area contributed by atoms with E-state index in [4.69, 9.17) is 9.31 Å². The lowest BCUT2D eigenvalue weighted by Gasteiger charge is -2.32. The van der Waals surface area contributed by atoms with E-state index in [1.165, 1.54) is 12.3 Å². The van der Waals surface area contributed by atoms with Crippen molar-refractivity contribution >= 4 is 18.2 Å². The van der Waals surface area contributed by atoms with Gasteiger partial charge in [-0.3, -0.25) is 4.40 Å². The first-order chi connectivity index (χ1) is 9.21. The Kier molecular flexibility index (Phi) is 2.72. The normalized spacial score (nSPS) is 20.8. The molecule has 7 heteroatoms. The van der Waals surface area contributed by atoms with Crippen molar-refractivity contribution in [3.63, 3.8) is 0 Å². The van der Waals surface area contributed by atoms with E-state index >= 15 is 0 Å². The number of aromatic nitrogens is 3. The summed E-state index contributed by atoms with van der Waals surface area (Å²) in [4.78, 5) is 0. The first-order valence-electron chi connectivity index (χ1n) is 6.58. The summed E-state index contributed by atoms with van der Waals surface area (Å²) < 4.78 is 27.3. The van der Waals surface area contributed by atoms with Crippen LogP contribution in [0.3, 0.4) is 0 Å². The van der Waals surface area contributed by atoms with Gasteiger partial charge in [0, 0.05) is 11.7 Å². The van der Waals surface area contributed by atoms with E-state index in [0.717, 1.165) is 0 Å². The van der Waals surface area contributed by atoms with Crippen LogP contribution in [0.15, 0.2) is 12.3 Å². The number of nitrogens with zero attached hydrogens (tertiary/aromatic N) is 3. The van der Waals surface area contributed by atoms with Gasteiger partial charge in [-0.15, -0.1) is 10.2 Å². The van der Waals surface area contributed by atoms with Gasteiger partial charge in [0.05, 0.1) is 11.2 Å². The van der Waals surface area contributed by atoms with Crippen LogP contribution < -0.4 is 5.46 Å². The zero-order valence-electron chi connectivity index (χ0n) is 12.3. The summed E-state index contributed by atoms with van der Waals surface area (Å²) in [6.45, 7) is 9.60. The molecule has 0 saturated carbocycles. The average molecular weight is 277 g/mol. The molecule has 3 heterocycles. The molecule has 1 fully saturated rings. The van der Waals surface area contributed by atoms with Gasteiger partial charge in [-0.2, -0.15) is 0 Å². The molecule has 0 amide bonds. The minimum absolute atomic E-state index is 0.370. The Bertz CT molecular complexity index is 668. The molecule has 2 aromatic rings. The molecule has 0 aromatic carbocycles. The number of halogens is 1. The summed E-state index contributed by atoms with van der Waals surface area (Å²) >= 11 is 0. The minimum atomic E-state index is -0.651. The predicted octanol–water partition coefficient (Wildman–Crippen LogP) is 1.48. The fraction of sp³-hybridized carbons (Fsp3) is 0.538. The van der Waals surface area contributed by atoms with Crippen LogP contribution in [-0.2, 0) is 9.31 Å². The number of pyridine rings is 1. The van der Waals surface area contributed by atoms with Gasteiger partial charge in [0.15, 0.2) is 5.65 Å². The third-order valence-corrected chi connectivity index (χ3v) is 4.18. The summed E-state index contributed by atoms with van der Waals surface area (Å²) in [6, 6.07) is 1.39. The third-order valence-electron chi connectivity index (χ3n) is 4.18. The van der Waals surface area contributed by atoms with E-state index in [1.54, 1.807) is 11.3 Å². The molecule has 0 unspecified atom stereocenters. The van der Waals surface area contributed by atoms with Crippen molar-refractivity contribution in [2.45, 2.75) is 45.8 Å². The lowest BCUT2D eigenvalue weighted by atomic mass is 9.79. The third kappa shape index (κ3) is 1.84. The molecule has 106 valence electrons. The Labute approximate surface area is 117 Å². The number of rotatable bonds is 1. The molecule has 1 aliphatic heterocycles. The smallest absolute Gasteiger partial charge is 0.399 e. The maximum atomic E-state index is 13.8. The van der Waals surface area contributed by atoms with Crippen LogP contribution in [0, 0.1) is 12.7 Å². The fourth-order valence-electron chi connectivity index (χ4n) is 2.24. The average Bonchev–Trinajstić information content (AvgIpc) is 2.78. The standard InChI is InChI=1S/C13H17BFN3O2/c1-8-16-17-11-10(6-9(15)7-18(8)11)14-19-12(2,3)13(4,5)20-14/h6-7H,1-5H3. The van der Waals surface area contributed by atoms with Crippen LogP contribution in [0.4, 0.5) is 4.39 Å². The molecule has 0 aliphatic carbocycles. The second-order valence-electron chi connectivity index (χ2n) is 6.14. The van der Waals surface area contributed by atoms with Gasteiger partial charge < -0.3 is 9.31 Å². The van der Waals surface area contributed by atoms with Gasteiger partial charge >= 0.3 is 7.12 Å². The second-order valence-corrected chi connectivity index (χ2v) is 6.14. The first-order valence-corrected chi connectivity index (χ1v) is 6.58.